The number of halogens is 3. The van der Waals surface area contributed by atoms with Crippen LogP contribution >= 0.6 is 0 Å². The maximum absolute atomic E-state index is 12.0. The Morgan fingerprint density at radius 1 is 1.28 bits per heavy atom. The van der Waals surface area contributed by atoms with Gasteiger partial charge in [-0.05, 0) is 6.07 Å². The molecule has 2 heterocycles. The third-order valence-corrected chi connectivity index (χ3v) is 2.07. The number of pyridine rings is 1. The zero-order chi connectivity index (χ0) is 13.2. The summed E-state index contributed by atoms with van der Waals surface area (Å²) >= 11 is 0. The molecule has 96 valence electrons. The molecule has 2 aromatic rings. The van der Waals surface area contributed by atoms with E-state index in [1.165, 1.54) is 18.5 Å². The number of aryl methyl sites for hydroxylation is 1. The fraction of sp³-hybridized carbons (Fsp3) is 0.300. The molecule has 2 rings (SSSR count). The number of alkyl halides is 3. The number of nitrogens with zero attached hydrogens (tertiary/aromatic N) is 3. The number of hydrogen-bond acceptors (Lipinski definition) is 5. The summed E-state index contributed by atoms with van der Waals surface area (Å²) in [7, 11) is 0. The monoisotopic (exact) mass is 259 g/mol. The molecule has 0 atom stereocenters. The van der Waals surface area contributed by atoms with Crippen LogP contribution in [0.25, 0.3) is 11.5 Å². The van der Waals surface area contributed by atoms with Gasteiger partial charge in [-0.3, -0.25) is 4.98 Å². The van der Waals surface area contributed by atoms with E-state index in [2.05, 4.69) is 15.1 Å². The second-order valence-corrected chi connectivity index (χ2v) is 3.56. The highest BCUT2D eigenvalue weighted by atomic mass is 19.4. The average Bonchev–Trinajstić information content (AvgIpc) is 2.74. The third-order valence-electron chi connectivity index (χ3n) is 2.07. The van der Waals surface area contributed by atoms with Crippen molar-refractivity contribution >= 4 is 0 Å². The number of aromatic hydroxyl groups is 1. The Morgan fingerprint density at radius 3 is 2.72 bits per heavy atom. The summed E-state index contributed by atoms with van der Waals surface area (Å²) < 4.78 is 40.8. The van der Waals surface area contributed by atoms with Gasteiger partial charge in [0.05, 0.1) is 18.2 Å². The summed E-state index contributed by atoms with van der Waals surface area (Å²) in [4.78, 5) is 7.49. The topological polar surface area (TPSA) is 72.0 Å². The van der Waals surface area contributed by atoms with Gasteiger partial charge in [0.2, 0.25) is 0 Å². The fourth-order valence-electron chi connectivity index (χ4n) is 1.27. The van der Waals surface area contributed by atoms with Crippen LogP contribution in [0.3, 0.4) is 0 Å². The lowest BCUT2D eigenvalue weighted by molar-refractivity contribution is -0.134. The van der Waals surface area contributed by atoms with Crippen LogP contribution in [-0.4, -0.2) is 26.4 Å². The van der Waals surface area contributed by atoms with Crippen molar-refractivity contribution in [2.45, 2.75) is 19.0 Å². The Kier molecular flexibility index (Phi) is 3.17. The van der Waals surface area contributed by atoms with E-state index < -0.39 is 12.6 Å². The van der Waals surface area contributed by atoms with Crippen LogP contribution < -0.4 is 0 Å². The van der Waals surface area contributed by atoms with Gasteiger partial charge in [0.25, 0.3) is 5.89 Å². The zero-order valence-corrected chi connectivity index (χ0v) is 8.98. The van der Waals surface area contributed by atoms with Gasteiger partial charge < -0.3 is 9.63 Å². The van der Waals surface area contributed by atoms with Gasteiger partial charge >= 0.3 is 6.18 Å². The Bertz CT molecular complexity index is 539. The Hall–Kier alpha value is -2.12. The molecule has 0 amide bonds. The molecular formula is C10H8F3N3O2. The first kappa shape index (κ1) is 12.3. The van der Waals surface area contributed by atoms with E-state index >= 15 is 0 Å². The molecule has 0 saturated carbocycles. The van der Waals surface area contributed by atoms with Gasteiger partial charge in [-0.2, -0.15) is 18.2 Å². The summed E-state index contributed by atoms with van der Waals surface area (Å²) in [6, 6.07) is 1.33. The predicted molar refractivity (Wildman–Crippen MR) is 53.6 cm³/mol. The number of aromatic nitrogens is 3. The molecule has 1 N–H and O–H groups in total. The molecule has 2 aromatic heterocycles. The van der Waals surface area contributed by atoms with E-state index in [4.69, 9.17) is 4.52 Å². The van der Waals surface area contributed by atoms with Crippen molar-refractivity contribution < 1.29 is 22.8 Å². The Morgan fingerprint density at radius 2 is 2.06 bits per heavy atom. The smallest absolute Gasteiger partial charge is 0.389 e. The minimum Gasteiger partial charge on any atom is -0.506 e. The van der Waals surface area contributed by atoms with Crippen molar-refractivity contribution in [2.75, 3.05) is 0 Å². The van der Waals surface area contributed by atoms with Crippen LogP contribution in [0, 0.1) is 0 Å². The van der Waals surface area contributed by atoms with Crippen molar-refractivity contribution in [2.24, 2.45) is 0 Å². The molecule has 0 unspecified atom stereocenters. The van der Waals surface area contributed by atoms with Crippen LogP contribution in [-0.2, 0) is 6.42 Å². The Balaban J connectivity index is 2.11. The van der Waals surface area contributed by atoms with Crippen molar-refractivity contribution in [3.05, 3.63) is 24.3 Å². The van der Waals surface area contributed by atoms with Crippen molar-refractivity contribution in [1.29, 1.82) is 0 Å². The molecule has 0 aliphatic heterocycles. The maximum Gasteiger partial charge on any atom is 0.389 e. The van der Waals surface area contributed by atoms with Gasteiger partial charge in [0.15, 0.2) is 5.82 Å². The Labute approximate surface area is 99.3 Å². The molecule has 0 aromatic carbocycles. The second-order valence-electron chi connectivity index (χ2n) is 3.56. The number of rotatable bonds is 3. The van der Waals surface area contributed by atoms with Crippen LogP contribution in [0.1, 0.15) is 12.2 Å². The molecule has 0 radical (unpaired) electrons. The standard InChI is InChI=1S/C10H8F3N3O2/c11-10(12,13)2-1-8-15-9(18-16-8)6-3-7(17)5-14-4-6/h3-5,17H,1-2H2. The first-order valence-corrected chi connectivity index (χ1v) is 4.98. The average molecular weight is 259 g/mol. The van der Waals surface area contributed by atoms with Crippen LogP contribution in [0.2, 0.25) is 0 Å². The predicted octanol–water partition coefficient (Wildman–Crippen LogP) is 2.33. The van der Waals surface area contributed by atoms with E-state index in [0.717, 1.165) is 0 Å². The highest BCUT2D eigenvalue weighted by Gasteiger charge is 2.27. The van der Waals surface area contributed by atoms with Crippen molar-refractivity contribution in [1.82, 2.24) is 15.1 Å². The quantitative estimate of drug-likeness (QED) is 0.915. The highest BCUT2D eigenvalue weighted by Crippen LogP contribution is 2.23. The first-order valence-electron chi connectivity index (χ1n) is 4.98. The summed E-state index contributed by atoms with van der Waals surface area (Å²) in [6.45, 7) is 0. The minimum absolute atomic E-state index is 0.0237. The summed E-state index contributed by atoms with van der Waals surface area (Å²) in [6.07, 6.45) is -3.04. The highest BCUT2D eigenvalue weighted by molar-refractivity contribution is 5.53. The maximum atomic E-state index is 12.0. The summed E-state index contributed by atoms with van der Waals surface area (Å²) in [5.41, 5.74) is 0.348. The van der Waals surface area contributed by atoms with E-state index in [-0.39, 0.29) is 23.9 Å². The van der Waals surface area contributed by atoms with Gasteiger partial charge in [-0.15, -0.1) is 0 Å². The summed E-state index contributed by atoms with van der Waals surface area (Å²) in [5.74, 6) is -0.108. The molecule has 0 saturated heterocycles. The zero-order valence-electron chi connectivity index (χ0n) is 8.98. The lowest BCUT2D eigenvalue weighted by atomic mass is 10.2. The second kappa shape index (κ2) is 4.63. The van der Waals surface area contributed by atoms with Crippen LogP contribution in [0.4, 0.5) is 13.2 Å². The number of hydrogen-bond donors (Lipinski definition) is 1. The van der Waals surface area contributed by atoms with Gasteiger partial charge in [0.1, 0.15) is 5.75 Å². The molecule has 0 aliphatic carbocycles. The third kappa shape index (κ3) is 3.19. The molecule has 18 heavy (non-hydrogen) atoms. The molecule has 0 spiro atoms. The van der Waals surface area contributed by atoms with Crippen molar-refractivity contribution in [3.8, 4) is 17.2 Å². The lowest BCUT2D eigenvalue weighted by Gasteiger charge is -2.01. The van der Waals surface area contributed by atoms with E-state index in [0.29, 0.717) is 5.56 Å². The van der Waals surface area contributed by atoms with Gasteiger partial charge in [-0.1, -0.05) is 5.16 Å². The van der Waals surface area contributed by atoms with E-state index in [9.17, 15) is 18.3 Å². The molecular weight excluding hydrogens is 251 g/mol. The SMILES string of the molecule is Oc1cncc(-c2nc(CCC(F)(F)F)no2)c1. The van der Waals surface area contributed by atoms with Crippen LogP contribution in [0.15, 0.2) is 23.0 Å². The molecule has 0 aliphatic rings. The molecule has 0 fully saturated rings. The molecule has 5 nitrogen and oxygen atoms in total. The fourth-order valence-corrected chi connectivity index (χ4v) is 1.27. The lowest BCUT2D eigenvalue weighted by Crippen LogP contribution is -2.09. The summed E-state index contributed by atoms with van der Waals surface area (Å²) in [5, 5.41) is 12.6. The first-order chi connectivity index (χ1) is 8.44. The van der Waals surface area contributed by atoms with E-state index in [1.807, 2.05) is 0 Å². The van der Waals surface area contributed by atoms with Gasteiger partial charge in [-0.25, -0.2) is 0 Å². The normalized spacial score (nSPS) is 11.7. The van der Waals surface area contributed by atoms with Crippen molar-refractivity contribution in [3.63, 3.8) is 0 Å². The molecule has 0 bridgehead atoms. The minimum atomic E-state index is -4.26. The van der Waals surface area contributed by atoms with Gasteiger partial charge in [0, 0.05) is 12.6 Å². The largest absolute Gasteiger partial charge is 0.506 e. The van der Waals surface area contributed by atoms with Crippen LogP contribution in [0.5, 0.6) is 5.75 Å². The molecule has 8 heteroatoms. The van der Waals surface area contributed by atoms with E-state index in [1.54, 1.807) is 0 Å².